The Morgan fingerprint density at radius 1 is 1.06 bits per heavy atom. The number of nitrogens with zero attached hydrogens (tertiary/aromatic N) is 1. The van der Waals surface area contributed by atoms with Crippen LogP contribution in [-0.4, -0.2) is 0 Å². The Labute approximate surface area is 123 Å². The maximum Gasteiger partial charge on any atom is 0.100 e. The highest BCUT2D eigenvalue weighted by atomic mass is 127. The molecule has 0 aliphatic rings. The number of halogens is 2. The summed E-state index contributed by atoms with van der Waals surface area (Å²) < 4.78 is 0.977. The van der Waals surface area contributed by atoms with Gasteiger partial charge in [-0.3, -0.25) is 0 Å². The van der Waals surface area contributed by atoms with E-state index in [0.717, 1.165) is 18.4 Å². The minimum atomic E-state index is 0.713. The Balaban J connectivity index is 2.25. The maximum atomic E-state index is 8.96. The van der Waals surface area contributed by atoms with Crippen molar-refractivity contribution in [3.63, 3.8) is 0 Å². The molecule has 0 N–H and O–H groups in total. The van der Waals surface area contributed by atoms with Gasteiger partial charge in [0.2, 0.25) is 0 Å². The number of nitriles is 1. The maximum absolute atomic E-state index is 8.96. The lowest BCUT2D eigenvalue weighted by Crippen LogP contribution is -1.82. The topological polar surface area (TPSA) is 23.8 Å². The van der Waals surface area contributed by atoms with E-state index in [9.17, 15) is 0 Å². The highest BCUT2D eigenvalue weighted by Crippen LogP contribution is 2.30. The lowest BCUT2D eigenvalue weighted by molar-refractivity contribution is 1.36. The predicted octanol–water partition coefficient (Wildman–Crippen LogP) is 4.97. The molecular formula is C13H7ClINS. The average molecular weight is 372 g/mol. The molecule has 0 aliphatic carbocycles. The van der Waals surface area contributed by atoms with Crippen molar-refractivity contribution in [2.45, 2.75) is 9.79 Å². The van der Waals surface area contributed by atoms with E-state index in [1.807, 2.05) is 42.5 Å². The zero-order valence-corrected chi connectivity index (χ0v) is 12.4. The standard InChI is InChI=1S/C13H7ClINS/c14-10-1-3-11(4-2-10)17-12-5-6-13(15)9(7-12)8-16/h1-7H. The minimum Gasteiger partial charge on any atom is -0.192 e. The molecule has 0 saturated heterocycles. The summed E-state index contributed by atoms with van der Waals surface area (Å²) in [6.45, 7) is 0. The summed E-state index contributed by atoms with van der Waals surface area (Å²) in [5.74, 6) is 0. The van der Waals surface area contributed by atoms with E-state index in [1.54, 1.807) is 11.8 Å². The van der Waals surface area contributed by atoms with Crippen molar-refractivity contribution in [2.75, 3.05) is 0 Å². The van der Waals surface area contributed by atoms with Crippen LogP contribution in [0.25, 0.3) is 0 Å². The largest absolute Gasteiger partial charge is 0.192 e. The van der Waals surface area contributed by atoms with Crippen molar-refractivity contribution in [1.82, 2.24) is 0 Å². The molecule has 0 bridgehead atoms. The molecular weight excluding hydrogens is 365 g/mol. The van der Waals surface area contributed by atoms with Crippen LogP contribution in [0.3, 0.4) is 0 Å². The summed E-state index contributed by atoms with van der Waals surface area (Å²) >= 11 is 9.61. The van der Waals surface area contributed by atoms with E-state index in [0.29, 0.717) is 5.56 Å². The van der Waals surface area contributed by atoms with E-state index < -0.39 is 0 Å². The summed E-state index contributed by atoms with van der Waals surface area (Å²) in [5.41, 5.74) is 0.713. The van der Waals surface area contributed by atoms with Crippen LogP contribution in [0, 0.1) is 14.9 Å². The highest BCUT2D eigenvalue weighted by Gasteiger charge is 2.02. The molecule has 1 nitrogen and oxygen atoms in total. The second kappa shape index (κ2) is 5.76. The molecule has 0 unspecified atom stereocenters. The van der Waals surface area contributed by atoms with Crippen LogP contribution in [0.15, 0.2) is 52.3 Å². The molecule has 17 heavy (non-hydrogen) atoms. The van der Waals surface area contributed by atoms with Crippen LogP contribution < -0.4 is 0 Å². The van der Waals surface area contributed by atoms with Crippen LogP contribution in [0.1, 0.15) is 5.56 Å². The number of rotatable bonds is 2. The van der Waals surface area contributed by atoms with Crippen LogP contribution in [0.2, 0.25) is 5.02 Å². The third-order valence-electron chi connectivity index (χ3n) is 2.11. The minimum absolute atomic E-state index is 0.713. The van der Waals surface area contributed by atoms with Crippen LogP contribution >= 0.6 is 46.0 Å². The summed E-state index contributed by atoms with van der Waals surface area (Å²) in [4.78, 5) is 2.17. The first-order valence-corrected chi connectivity index (χ1v) is 7.09. The molecule has 0 aromatic heterocycles. The molecule has 0 saturated carbocycles. The first kappa shape index (κ1) is 12.7. The Bertz CT molecular complexity index is 575. The molecule has 0 heterocycles. The fraction of sp³-hybridized carbons (Fsp3) is 0. The monoisotopic (exact) mass is 371 g/mol. The van der Waals surface area contributed by atoms with Crippen molar-refractivity contribution in [3.8, 4) is 6.07 Å². The molecule has 0 fully saturated rings. The molecule has 0 amide bonds. The van der Waals surface area contributed by atoms with Crippen molar-refractivity contribution in [3.05, 3.63) is 56.6 Å². The van der Waals surface area contributed by atoms with Crippen LogP contribution in [-0.2, 0) is 0 Å². The summed E-state index contributed by atoms with van der Waals surface area (Å²) in [5, 5.41) is 9.70. The highest BCUT2D eigenvalue weighted by molar-refractivity contribution is 14.1. The van der Waals surface area contributed by atoms with Gasteiger partial charge < -0.3 is 0 Å². The Morgan fingerprint density at radius 3 is 2.35 bits per heavy atom. The van der Waals surface area contributed by atoms with E-state index >= 15 is 0 Å². The van der Waals surface area contributed by atoms with Gasteiger partial charge in [-0.1, -0.05) is 23.4 Å². The van der Waals surface area contributed by atoms with Gasteiger partial charge in [-0.25, -0.2) is 0 Å². The lowest BCUT2D eigenvalue weighted by atomic mass is 10.2. The van der Waals surface area contributed by atoms with Crippen molar-refractivity contribution in [2.24, 2.45) is 0 Å². The fourth-order valence-corrected chi connectivity index (χ4v) is 2.73. The molecule has 2 aromatic carbocycles. The second-order valence-electron chi connectivity index (χ2n) is 3.31. The quantitative estimate of drug-likeness (QED) is 0.696. The number of hydrogen-bond donors (Lipinski definition) is 0. The Morgan fingerprint density at radius 2 is 1.71 bits per heavy atom. The van der Waals surface area contributed by atoms with Crippen molar-refractivity contribution >= 4 is 46.0 Å². The first-order chi connectivity index (χ1) is 8.19. The van der Waals surface area contributed by atoms with Gasteiger partial charge in [0.1, 0.15) is 6.07 Å². The summed E-state index contributed by atoms with van der Waals surface area (Å²) in [6.07, 6.45) is 0. The lowest BCUT2D eigenvalue weighted by Gasteiger charge is -2.03. The van der Waals surface area contributed by atoms with E-state index in [4.69, 9.17) is 16.9 Å². The van der Waals surface area contributed by atoms with Gasteiger partial charge in [0.05, 0.1) is 5.56 Å². The van der Waals surface area contributed by atoms with Crippen molar-refractivity contribution in [1.29, 1.82) is 5.26 Å². The van der Waals surface area contributed by atoms with E-state index in [2.05, 4.69) is 28.7 Å². The summed E-state index contributed by atoms with van der Waals surface area (Å²) in [6, 6.07) is 15.7. The molecule has 4 heteroatoms. The first-order valence-electron chi connectivity index (χ1n) is 4.82. The molecule has 0 spiro atoms. The number of benzene rings is 2. The molecule has 0 radical (unpaired) electrons. The third kappa shape index (κ3) is 3.38. The van der Waals surface area contributed by atoms with Crippen LogP contribution in [0.5, 0.6) is 0 Å². The van der Waals surface area contributed by atoms with Crippen molar-refractivity contribution < 1.29 is 0 Å². The van der Waals surface area contributed by atoms with Gasteiger partial charge in [0, 0.05) is 18.4 Å². The third-order valence-corrected chi connectivity index (χ3v) is 4.30. The number of hydrogen-bond acceptors (Lipinski definition) is 2. The Hall–Kier alpha value is -0.700. The predicted molar refractivity (Wildman–Crippen MR) is 79.4 cm³/mol. The zero-order chi connectivity index (χ0) is 12.3. The normalized spacial score (nSPS) is 9.94. The van der Waals surface area contributed by atoms with Crippen LogP contribution in [0.4, 0.5) is 0 Å². The molecule has 84 valence electrons. The zero-order valence-electron chi connectivity index (χ0n) is 8.65. The second-order valence-corrected chi connectivity index (χ2v) is 6.05. The fourth-order valence-electron chi connectivity index (χ4n) is 1.29. The molecule has 0 atom stereocenters. The van der Waals surface area contributed by atoms with E-state index in [-0.39, 0.29) is 0 Å². The van der Waals surface area contributed by atoms with Gasteiger partial charge in [0.25, 0.3) is 0 Å². The average Bonchev–Trinajstić information content (AvgIpc) is 2.34. The van der Waals surface area contributed by atoms with Gasteiger partial charge in [-0.05, 0) is 65.1 Å². The smallest absolute Gasteiger partial charge is 0.100 e. The molecule has 0 aliphatic heterocycles. The SMILES string of the molecule is N#Cc1cc(Sc2ccc(Cl)cc2)ccc1I. The van der Waals surface area contributed by atoms with Gasteiger partial charge in [-0.2, -0.15) is 5.26 Å². The van der Waals surface area contributed by atoms with Gasteiger partial charge in [-0.15, -0.1) is 0 Å². The molecule has 2 rings (SSSR count). The van der Waals surface area contributed by atoms with E-state index in [1.165, 1.54) is 0 Å². The van der Waals surface area contributed by atoms with Gasteiger partial charge >= 0.3 is 0 Å². The summed E-state index contributed by atoms with van der Waals surface area (Å²) in [7, 11) is 0. The van der Waals surface area contributed by atoms with Gasteiger partial charge in [0.15, 0.2) is 0 Å². The Kier molecular flexibility index (Phi) is 4.32. The molecule has 2 aromatic rings.